The van der Waals surface area contributed by atoms with Crippen molar-refractivity contribution >= 4 is 23.4 Å². The van der Waals surface area contributed by atoms with E-state index in [0.29, 0.717) is 5.75 Å². The molecule has 3 amide bonds. The highest BCUT2D eigenvalue weighted by Crippen LogP contribution is 2.46. The van der Waals surface area contributed by atoms with Gasteiger partial charge in [0, 0.05) is 17.5 Å². The average Bonchev–Trinajstić information content (AvgIpc) is 3.21. The minimum Gasteiger partial charge on any atom is -0.484 e. The SMILES string of the molecule is Cc1c(C(=O)NNC(=O)COc2ccccc2)oc2c1/C(=N/NC(=O)C(F)(F)C(F)(F)C(F)(F)F)CCC2. The smallest absolute Gasteiger partial charge is 0.460 e. The topological polar surface area (TPSA) is 122 Å². The van der Waals surface area contributed by atoms with Crippen molar-refractivity contribution in [1.82, 2.24) is 16.3 Å². The summed E-state index contributed by atoms with van der Waals surface area (Å²) in [5, 5.41) is 3.31. The standard InChI is InChI=1S/C22H19F7N4O5/c1-11-16-13(30-33-19(36)20(23,24)21(25,26)22(27,28)29)8-5-9-14(16)38-17(11)18(35)32-31-15(34)10-37-12-6-3-2-4-7-12/h2-4,6-7H,5,8-10H2,1H3,(H,31,34)(H,32,35)(H,33,36)/b30-13+. The molecule has 1 aromatic heterocycles. The Kier molecular flexibility index (Phi) is 8.02. The Bertz CT molecular complexity index is 1240. The first-order valence-electron chi connectivity index (χ1n) is 10.8. The lowest BCUT2D eigenvalue weighted by Crippen LogP contribution is -2.58. The number of nitrogens with zero attached hydrogens (tertiary/aromatic N) is 1. The van der Waals surface area contributed by atoms with Crippen molar-refractivity contribution in [2.75, 3.05) is 6.61 Å². The second-order valence-electron chi connectivity index (χ2n) is 7.96. The largest absolute Gasteiger partial charge is 0.484 e. The summed E-state index contributed by atoms with van der Waals surface area (Å²) in [6.07, 6.45) is -6.20. The molecule has 2 aromatic rings. The second kappa shape index (κ2) is 10.7. The van der Waals surface area contributed by atoms with Crippen molar-refractivity contribution in [3.05, 3.63) is 53.0 Å². The lowest BCUT2D eigenvalue weighted by molar-refractivity contribution is -0.344. The van der Waals surface area contributed by atoms with Crippen molar-refractivity contribution < 1.29 is 54.3 Å². The molecule has 0 bridgehead atoms. The fourth-order valence-electron chi connectivity index (χ4n) is 3.39. The van der Waals surface area contributed by atoms with Gasteiger partial charge >= 0.3 is 29.8 Å². The normalized spacial score (nSPS) is 15.0. The first-order chi connectivity index (χ1) is 17.7. The summed E-state index contributed by atoms with van der Waals surface area (Å²) in [6, 6.07) is 8.32. The molecule has 9 nitrogen and oxygen atoms in total. The minimum absolute atomic E-state index is 0.0104. The van der Waals surface area contributed by atoms with Gasteiger partial charge in [-0.05, 0) is 31.9 Å². The van der Waals surface area contributed by atoms with Gasteiger partial charge in [-0.2, -0.15) is 35.8 Å². The zero-order chi connectivity index (χ0) is 28.3. The number of ether oxygens (including phenoxy) is 1. The Morgan fingerprint density at radius 3 is 2.29 bits per heavy atom. The number of furan rings is 1. The fraction of sp³-hybridized carbons (Fsp3) is 0.364. The van der Waals surface area contributed by atoms with Gasteiger partial charge in [0.15, 0.2) is 12.4 Å². The van der Waals surface area contributed by atoms with Crippen LogP contribution < -0.4 is 21.0 Å². The van der Waals surface area contributed by atoms with Crippen LogP contribution in [0.4, 0.5) is 30.7 Å². The Labute approximate surface area is 209 Å². The highest BCUT2D eigenvalue weighted by atomic mass is 19.4. The van der Waals surface area contributed by atoms with Crippen molar-refractivity contribution in [3.63, 3.8) is 0 Å². The van der Waals surface area contributed by atoms with Gasteiger partial charge < -0.3 is 9.15 Å². The Balaban J connectivity index is 1.69. The monoisotopic (exact) mass is 552 g/mol. The maximum atomic E-state index is 13.6. The third-order valence-electron chi connectivity index (χ3n) is 5.29. The number of nitrogens with one attached hydrogen (secondary N) is 3. The molecule has 1 aliphatic rings. The molecule has 3 rings (SSSR count). The van der Waals surface area contributed by atoms with Gasteiger partial charge in [-0.3, -0.25) is 25.2 Å². The van der Waals surface area contributed by atoms with E-state index in [2.05, 4.69) is 16.0 Å². The van der Waals surface area contributed by atoms with E-state index in [0.717, 1.165) is 5.43 Å². The first kappa shape index (κ1) is 28.5. The molecule has 38 heavy (non-hydrogen) atoms. The van der Waals surface area contributed by atoms with E-state index in [1.165, 1.54) is 6.92 Å². The number of hydrazone groups is 1. The molecule has 206 valence electrons. The van der Waals surface area contributed by atoms with Crippen LogP contribution in [0, 0.1) is 6.92 Å². The van der Waals surface area contributed by atoms with Crippen LogP contribution in [0.1, 0.15) is 40.3 Å². The number of aryl methyl sites for hydroxylation is 1. The molecule has 3 N–H and O–H groups in total. The summed E-state index contributed by atoms with van der Waals surface area (Å²) < 4.78 is 101. The molecule has 0 aliphatic heterocycles. The third-order valence-corrected chi connectivity index (χ3v) is 5.29. The molecule has 0 saturated heterocycles. The number of rotatable bonds is 7. The molecule has 0 fully saturated rings. The van der Waals surface area contributed by atoms with Gasteiger partial charge in [-0.15, -0.1) is 0 Å². The van der Waals surface area contributed by atoms with Crippen LogP contribution in [-0.4, -0.2) is 48.1 Å². The summed E-state index contributed by atoms with van der Waals surface area (Å²) in [7, 11) is 0. The molecule has 0 spiro atoms. The zero-order valence-corrected chi connectivity index (χ0v) is 19.3. The quantitative estimate of drug-likeness (QED) is 0.359. The van der Waals surface area contributed by atoms with Gasteiger partial charge in [0.1, 0.15) is 11.5 Å². The molecule has 16 heteroatoms. The molecular formula is C22H19F7N4O5. The zero-order valence-electron chi connectivity index (χ0n) is 19.3. The highest BCUT2D eigenvalue weighted by molar-refractivity contribution is 6.07. The number of fused-ring (bicyclic) bond motifs is 1. The van der Waals surface area contributed by atoms with Gasteiger partial charge in [0.05, 0.1) is 5.71 Å². The molecule has 0 atom stereocenters. The summed E-state index contributed by atoms with van der Waals surface area (Å²) in [5.41, 5.74) is 5.21. The average molecular weight is 552 g/mol. The van der Waals surface area contributed by atoms with E-state index < -0.39 is 42.3 Å². The van der Waals surface area contributed by atoms with Crippen LogP contribution in [-0.2, 0) is 16.0 Å². The summed E-state index contributed by atoms with van der Waals surface area (Å²) >= 11 is 0. The lowest BCUT2D eigenvalue weighted by Gasteiger charge is -2.26. The third kappa shape index (κ3) is 5.73. The van der Waals surface area contributed by atoms with Crippen LogP contribution in [0.25, 0.3) is 0 Å². The van der Waals surface area contributed by atoms with Gasteiger partial charge in [-0.25, -0.2) is 5.43 Å². The van der Waals surface area contributed by atoms with Crippen molar-refractivity contribution in [1.29, 1.82) is 0 Å². The number of alkyl halides is 7. The predicted molar refractivity (Wildman–Crippen MR) is 115 cm³/mol. The summed E-state index contributed by atoms with van der Waals surface area (Å²) in [4.78, 5) is 35.9. The highest BCUT2D eigenvalue weighted by Gasteiger charge is 2.76. The van der Waals surface area contributed by atoms with Crippen LogP contribution in [0.2, 0.25) is 0 Å². The number of amides is 3. The van der Waals surface area contributed by atoms with E-state index in [1.807, 2.05) is 0 Å². The molecular weight excluding hydrogens is 533 g/mol. The molecule has 0 radical (unpaired) electrons. The molecule has 0 saturated carbocycles. The van der Waals surface area contributed by atoms with Crippen molar-refractivity contribution in [3.8, 4) is 5.75 Å². The number of hydrogen-bond donors (Lipinski definition) is 3. The fourth-order valence-corrected chi connectivity index (χ4v) is 3.39. The Morgan fingerprint density at radius 2 is 1.66 bits per heavy atom. The van der Waals surface area contributed by atoms with E-state index in [9.17, 15) is 45.1 Å². The van der Waals surface area contributed by atoms with Crippen molar-refractivity contribution in [2.24, 2.45) is 5.10 Å². The maximum Gasteiger partial charge on any atom is 0.460 e. The van der Waals surface area contributed by atoms with E-state index >= 15 is 0 Å². The second-order valence-corrected chi connectivity index (χ2v) is 7.96. The lowest BCUT2D eigenvalue weighted by atomic mass is 9.93. The van der Waals surface area contributed by atoms with Crippen molar-refractivity contribution in [2.45, 2.75) is 44.2 Å². The molecule has 1 aromatic carbocycles. The molecule has 1 heterocycles. The van der Waals surface area contributed by atoms with E-state index in [1.54, 1.807) is 30.3 Å². The number of hydrazine groups is 1. The van der Waals surface area contributed by atoms with Crippen LogP contribution in [0.3, 0.4) is 0 Å². The number of carbonyl (C=O) groups excluding carboxylic acids is 3. The number of carbonyl (C=O) groups is 3. The maximum absolute atomic E-state index is 13.6. The van der Waals surface area contributed by atoms with Crippen LogP contribution in [0.5, 0.6) is 5.75 Å². The molecule has 0 unspecified atom stereocenters. The van der Waals surface area contributed by atoms with E-state index in [-0.39, 0.29) is 47.6 Å². The van der Waals surface area contributed by atoms with Gasteiger partial charge in [0.2, 0.25) is 0 Å². The number of hydrogen-bond acceptors (Lipinski definition) is 6. The van der Waals surface area contributed by atoms with Crippen LogP contribution in [0.15, 0.2) is 39.9 Å². The number of benzene rings is 1. The summed E-state index contributed by atoms with van der Waals surface area (Å²) in [6.45, 7) is 0.916. The number of para-hydroxylation sites is 1. The van der Waals surface area contributed by atoms with Gasteiger partial charge in [-0.1, -0.05) is 18.2 Å². The minimum atomic E-state index is -6.69. The van der Waals surface area contributed by atoms with Gasteiger partial charge in [0.25, 0.3) is 5.91 Å². The Hall–Kier alpha value is -4.11. The van der Waals surface area contributed by atoms with E-state index in [4.69, 9.17) is 9.15 Å². The number of halogens is 7. The molecule has 1 aliphatic carbocycles. The summed E-state index contributed by atoms with van der Waals surface area (Å²) in [5.74, 6) is -17.2. The Morgan fingerprint density at radius 1 is 1.00 bits per heavy atom. The first-order valence-corrected chi connectivity index (χ1v) is 10.8. The van der Waals surface area contributed by atoms with Crippen LogP contribution >= 0.6 is 0 Å². The predicted octanol–water partition coefficient (Wildman–Crippen LogP) is 3.42.